The highest BCUT2D eigenvalue weighted by molar-refractivity contribution is 7.01. The molecular formula is C60H39BN2O2. The summed E-state index contributed by atoms with van der Waals surface area (Å²) in [6, 6.07) is 84.4. The van der Waals surface area contributed by atoms with Crippen LogP contribution in [0, 0.1) is 0 Å². The minimum absolute atomic E-state index is 0.177. The molecule has 0 spiro atoms. The molecule has 0 fully saturated rings. The van der Waals surface area contributed by atoms with E-state index in [2.05, 4.69) is 240 Å². The van der Waals surface area contributed by atoms with Crippen molar-refractivity contribution in [1.29, 1.82) is 0 Å². The van der Waals surface area contributed by atoms with E-state index in [-0.39, 0.29) is 6.71 Å². The minimum Gasteiger partial charge on any atom is -0.458 e. The van der Waals surface area contributed by atoms with E-state index < -0.39 is 0 Å². The Kier molecular flexibility index (Phi) is 8.60. The third-order valence-electron chi connectivity index (χ3n) is 13.1. The van der Waals surface area contributed by atoms with Crippen LogP contribution in [0.4, 0.5) is 34.1 Å². The molecule has 11 aromatic carbocycles. The lowest BCUT2D eigenvalue weighted by Crippen LogP contribution is -2.58. The molecule has 13 rings (SSSR count). The van der Waals surface area contributed by atoms with E-state index in [4.69, 9.17) is 9.47 Å². The predicted octanol–water partition coefficient (Wildman–Crippen LogP) is 14.5. The van der Waals surface area contributed by atoms with Gasteiger partial charge in [0.2, 0.25) is 0 Å². The topological polar surface area (TPSA) is 24.9 Å². The average molecular weight is 831 g/mol. The zero-order valence-electron chi connectivity index (χ0n) is 35.3. The molecule has 4 nitrogen and oxygen atoms in total. The van der Waals surface area contributed by atoms with Crippen molar-refractivity contribution in [3.8, 4) is 34.1 Å². The first-order valence-corrected chi connectivity index (χ1v) is 22.2. The molecule has 5 heteroatoms. The maximum absolute atomic E-state index is 7.11. The van der Waals surface area contributed by atoms with Crippen LogP contribution in [-0.4, -0.2) is 6.71 Å². The average Bonchev–Trinajstić information content (AvgIpc) is 3.37. The van der Waals surface area contributed by atoms with E-state index in [9.17, 15) is 0 Å². The van der Waals surface area contributed by atoms with Crippen LogP contribution < -0.4 is 35.7 Å². The third-order valence-corrected chi connectivity index (χ3v) is 13.1. The van der Waals surface area contributed by atoms with Gasteiger partial charge in [0.05, 0.1) is 11.4 Å². The van der Waals surface area contributed by atoms with Gasteiger partial charge in [-0.1, -0.05) is 164 Å². The molecule has 0 aliphatic carbocycles. The summed E-state index contributed by atoms with van der Waals surface area (Å²) in [7, 11) is 0. The van der Waals surface area contributed by atoms with Crippen molar-refractivity contribution < 1.29 is 9.47 Å². The largest absolute Gasteiger partial charge is 0.458 e. The van der Waals surface area contributed by atoms with Gasteiger partial charge < -0.3 is 19.3 Å². The maximum Gasteiger partial charge on any atom is 0.262 e. The van der Waals surface area contributed by atoms with E-state index in [0.29, 0.717) is 0 Å². The zero-order valence-corrected chi connectivity index (χ0v) is 35.3. The second kappa shape index (κ2) is 15.1. The van der Waals surface area contributed by atoms with Gasteiger partial charge in [-0.2, -0.15) is 0 Å². The highest BCUT2D eigenvalue weighted by atomic mass is 16.5. The van der Waals surface area contributed by atoms with Gasteiger partial charge in [-0.15, -0.1) is 0 Å². The normalized spacial score (nSPS) is 12.2. The Bertz CT molecular complexity index is 3630. The number of para-hydroxylation sites is 2. The molecule has 2 heterocycles. The monoisotopic (exact) mass is 830 g/mol. The summed E-state index contributed by atoms with van der Waals surface area (Å²) in [5.74, 6) is 3.27. The molecule has 2 aliphatic rings. The molecule has 0 atom stereocenters. The van der Waals surface area contributed by atoms with E-state index >= 15 is 0 Å². The maximum atomic E-state index is 7.11. The first kappa shape index (κ1) is 37.1. The summed E-state index contributed by atoms with van der Waals surface area (Å²) < 4.78 is 14.2. The molecule has 2 aliphatic heterocycles. The summed E-state index contributed by atoms with van der Waals surface area (Å²) in [4.78, 5) is 4.74. The van der Waals surface area contributed by atoms with Crippen LogP contribution in [0.5, 0.6) is 23.0 Å². The van der Waals surface area contributed by atoms with Gasteiger partial charge in [0.15, 0.2) is 0 Å². The second-order valence-corrected chi connectivity index (χ2v) is 16.8. The highest BCUT2D eigenvalue weighted by Gasteiger charge is 2.43. The van der Waals surface area contributed by atoms with Crippen LogP contribution in [0.3, 0.4) is 0 Å². The molecule has 304 valence electrons. The standard InChI is InChI=1S/C60H39BN2O2/c1-4-18-40(19-5-1)43-22-16-27-46(36-43)62(44-23-6-2-7-24-44)52-38-56-58(50-30-14-12-28-48(50)52)61-59-51-31-15-13-29-49(51)53(39-57(59)65-55-33-17-32-54(64-56)60(55)61)63(45-25-8-3-9-26-45)47-35-34-41-20-10-11-21-42(41)37-47/h1-39H. The lowest BCUT2D eigenvalue weighted by Gasteiger charge is -2.37. The van der Waals surface area contributed by atoms with Gasteiger partial charge in [0.25, 0.3) is 6.71 Å². The molecule has 0 bridgehead atoms. The van der Waals surface area contributed by atoms with Gasteiger partial charge in [-0.3, -0.25) is 0 Å². The molecule has 0 unspecified atom stereocenters. The zero-order chi connectivity index (χ0) is 42.8. The number of benzene rings is 11. The smallest absolute Gasteiger partial charge is 0.262 e. The number of nitrogens with zero attached hydrogens (tertiary/aromatic N) is 2. The van der Waals surface area contributed by atoms with Gasteiger partial charge in [0, 0.05) is 51.1 Å². The van der Waals surface area contributed by atoms with Crippen molar-refractivity contribution in [2.45, 2.75) is 0 Å². The molecule has 0 saturated carbocycles. The molecule has 65 heavy (non-hydrogen) atoms. The van der Waals surface area contributed by atoms with Crippen molar-refractivity contribution in [2.75, 3.05) is 9.80 Å². The summed E-state index contributed by atoms with van der Waals surface area (Å²) in [6.45, 7) is -0.177. The second-order valence-electron chi connectivity index (χ2n) is 16.8. The van der Waals surface area contributed by atoms with Crippen molar-refractivity contribution in [2.24, 2.45) is 0 Å². The number of anilines is 6. The molecule has 0 radical (unpaired) electrons. The molecule has 0 amide bonds. The lowest BCUT2D eigenvalue weighted by atomic mass is 9.33. The minimum atomic E-state index is -0.177. The van der Waals surface area contributed by atoms with Crippen LogP contribution in [0.15, 0.2) is 237 Å². The van der Waals surface area contributed by atoms with Gasteiger partial charge in [-0.25, -0.2) is 0 Å². The number of hydrogen-bond acceptors (Lipinski definition) is 4. The van der Waals surface area contributed by atoms with Crippen molar-refractivity contribution in [3.63, 3.8) is 0 Å². The first-order valence-electron chi connectivity index (χ1n) is 22.2. The van der Waals surface area contributed by atoms with E-state index in [1.54, 1.807) is 0 Å². The summed E-state index contributed by atoms with van der Waals surface area (Å²) >= 11 is 0. The Labute approximate surface area is 377 Å². The first-order chi connectivity index (χ1) is 32.2. The number of hydrogen-bond donors (Lipinski definition) is 0. The molecule has 0 aromatic heterocycles. The molecular weight excluding hydrogens is 791 g/mol. The van der Waals surface area contributed by atoms with E-state index in [1.165, 1.54) is 16.3 Å². The Balaban J connectivity index is 1.05. The highest BCUT2D eigenvalue weighted by Crippen LogP contribution is 2.47. The van der Waals surface area contributed by atoms with Crippen LogP contribution >= 0.6 is 0 Å². The van der Waals surface area contributed by atoms with Gasteiger partial charge in [0.1, 0.15) is 23.0 Å². The number of ether oxygens (including phenoxy) is 2. The van der Waals surface area contributed by atoms with Crippen LogP contribution in [0.2, 0.25) is 0 Å². The van der Waals surface area contributed by atoms with Gasteiger partial charge in [-0.05, 0) is 104 Å². The van der Waals surface area contributed by atoms with Crippen molar-refractivity contribution >= 4 is 89.5 Å². The van der Waals surface area contributed by atoms with Crippen molar-refractivity contribution in [3.05, 3.63) is 237 Å². The Morgan fingerprint density at radius 2 is 0.723 bits per heavy atom. The Hall–Kier alpha value is -8.54. The van der Waals surface area contributed by atoms with Crippen LogP contribution in [0.25, 0.3) is 43.4 Å². The SMILES string of the molecule is c1ccc(-c2cccc(N(c3ccccc3)c3cc4c(c5ccccc35)B3c5c(cccc5Oc5cc(N(c6ccccc6)c6ccc7ccccc7c6)c6ccccc6c53)O4)c2)cc1. The quantitative estimate of drug-likeness (QED) is 0.149. The van der Waals surface area contributed by atoms with Crippen molar-refractivity contribution in [1.82, 2.24) is 0 Å². The fraction of sp³-hybridized carbons (Fsp3) is 0. The van der Waals surface area contributed by atoms with E-state index in [0.717, 1.165) is 101 Å². The summed E-state index contributed by atoms with van der Waals surface area (Å²) in [5, 5.41) is 6.92. The number of rotatable bonds is 7. The lowest BCUT2D eigenvalue weighted by molar-refractivity contribution is 0.465. The Morgan fingerprint density at radius 1 is 0.277 bits per heavy atom. The fourth-order valence-corrected chi connectivity index (χ4v) is 10.3. The van der Waals surface area contributed by atoms with Gasteiger partial charge >= 0.3 is 0 Å². The summed E-state index contributed by atoms with van der Waals surface area (Å²) in [6.07, 6.45) is 0. The van der Waals surface area contributed by atoms with Crippen LogP contribution in [-0.2, 0) is 0 Å². The molecule has 0 N–H and O–H groups in total. The third kappa shape index (κ3) is 6.08. The molecule has 11 aromatic rings. The summed E-state index contributed by atoms with van der Waals surface area (Å²) in [5.41, 5.74) is 12.0. The fourth-order valence-electron chi connectivity index (χ4n) is 10.3. The Morgan fingerprint density at radius 3 is 1.31 bits per heavy atom. The molecule has 0 saturated heterocycles. The van der Waals surface area contributed by atoms with Crippen LogP contribution in [0.1, 0.15) is 0 Å². The van der Waals surface area contributed by atoms with E-state index in [1.807, 2.05) is 6.07 Å². The number of fused-ring (bicyclic) bond motifs is 9. The predicted molar refractivity (Wildman–Crippen MR) is 271 cm³/mol.